The zero-order chi connectivity index (χ0) is 18.2. The van der Waals surface area contributed by atoms with Gasteiger partial charge in [-0.3, -0.25) is 13.6 Å². The Kier molecular flexibility index (Phi) is 792. The zero-order valence-corrected chi connectivity index (χ0v) is 14.2. The minimum Gasteiger partial charge on any atom is -0.545 e. The molecule has 0 aromatic rings. The van der Waals surface area contributed by atoms with Crippen molar-refractivity contribution in [3.63, 3.8) is 0 Å². The minimum absolute atomic E-state index is 0. The van der Waals surface area contributed by atoms with Gasteiger partial charge in [0.1, 0.15) is 0 Å². The number of hydrogen-bond donors (Lipinski definition) is 0. The van der Waals surface area contributed by atoms with Gasteiger partial charge in [0.2, 0.25) is 0 Å². The fourth-order valence-corrected chi connectivity index (χ4v) is 0.427. The molecule has 0 saturated carbocycles. The molecule has 6 nitrogen and oxygen atoms in total. The largest absolute Gasteiger partial charge is 2.00 e. The Morgan fingerprint density at radius 1 is 0.682 bits per heavy atom. The van der Waals surface area contributed by atoms with Crippen LogP contribution in [0.1, 0.15) is 39.5 Å². The third kappa shape index (κ3) is 402. The van der Waals surface area contributed by atoms with E-state index in [2.05, 4.69) is 65.9 Å². The number of rotatable bonds is 2. The maximum absolute atomic E-state index is 7.75. The molecule has 22 heavy (non-hydrogen) atoms. The van der Waals surface area contributed by atoms with E-state index in [0.717, 1.165) is 12.8 Å². The Morgan fingerprint density at radius 2 is 0.818 bits per heavy atom. The molecule has 0 rings (SSSR count). The van der Waals surface area contributed by atoms with Gasteiger partial charge in [0, 0.05) is 29.6 Å². The topological polar surface area (TPSA) is 114 Å². The monoisotopic (exact) mass is 398 g/mol. The molecule has 0 aromatic heterocycles. The van der Waals surface area contributed by atoms with Gasteiger partial charge in [-0.15, -0.1) is 11.8 Å². The van der Waals surface area contributed by atoms with Crippen LogP contribution < -0.4 is 0 Å². The molecule has 0 N–H and O–H groups in total. The molecule has 8 heteroatoms. The summed E-state index contributed by atoms with van der Waals surface area (Å²) in [6, 6.07) is 0. The normalized spacial score (nSPS) is 3.55. The molecule has 0 saturated heterocycles. The van der Waals surface area contributed by atoms with E-state index in [1.807, 2.05) is 0 Å². The summed E-state index contributed by atoms with van der Waals surface area (Å²) < 4.78 is 30.0. The van der Waals surface area contributed by atoms with E-state index < -0.39 is 0 Å². The molecule has 2 radical (unpaired) electrons. The predicted molar refractivity (Wildman–Crippen MR) is 66.8 cm³/mol. The Bertz CT molecular complexity index is 215. The summed E-state index contributed by atoms with van der Waals surface area (Å²) in [5.41, 5.74) is 0. The van der Waals surface area contributed by atoms with Crippen molar-refractivity contribution in [1.29, 1.82) is 0 Å². The van der Waals surface area contributed by atoms with Crippen molar-refractivity contribution in [1.82, 2.24) is 0 Å². The second-order valence-electron chi connectivity index (χ2n) is 1.85. The van der Waals surface area contributed by atoms with Crippen LogP contribution >= 0.6 is 0 Å². The summed E-state index contributed by atoms with van der Waals surface area (Å²) in [4.78, 5) is 15.5. The van der Waals surface area contributed by atoms with Gasteiger partial charge >= 0.3 is 62.0 Å². The SMILES string of the molecule is CCCC#CCCC.[C-]#[O+].[C-]#[O+].[C-]#[O+].[C-]#[O+].[CH-]=O.[CH-]=O.[Co+2].[Co]. The number of hydrogen-bond acceptors (Lipinski definition) is 2. The van der Waals surface area contributed by atoms with Crippen LogP contribution in [0.4, 0.5) is 0 Å². The average molecular weight is 398 g/mol. The van der Waals surface area contributed by atoms with Crippen molar-refractivity contribution >= 4 is 13.6 Å². The fourth-order valence-electron chi connectivity index (χ4n) is 0.427. The van der Waals surface area contributed by atoms with Gasteiger partial charge in [0.05, 0.1) is 0 Å². The van der Waals surface area contributed by atoms with E-state index in [9.17, 15) is 0 Å². The molecule has 0 unspecified atom stereocenters. The molecular formula is C14H16Co2O6. The minimum atomic E-state index is 0. The van der Waals surface area contributed by atoms with E-state index >= 15 is 0 Å². The Balaban J connectivity index is -0.0000000149. The van der Waals surface area contributed by atoms with Crippen molar-refractivity contribution in [2.75, 3.05) is 0 Å². The van der Waals surface area contributed by atoms with Crippen LogP contribution in [0, 0.1) is 38.4 Å². The third-order valence-corrected chi connectivity index (χ3v) is 0.875. The maximum Gasteiger partial charge on any atom is 2.00 e. The fraction of sp³-hybridized carbons (Fsp3) is 0.429. The summed E-state index contributed by atoms with van der Waals surface area (Å²) in [5.74, 6) is 6.17. The van der Waals surface area contributed by atoms with Crippen LogP contribution in [-0.2, 0) is 61.8 Å². The quantitative estimate of drug-likeness (QED) is 0.306. The van der Waals surface area contributed by atoms with Gasteiger partial charge in [-0.25, -0.2) is 0 Å². The zero-order valence-electron chi connectivity index (χ0n) is 12.1. The van der Waals surface area contributed by atoms with Gasteiger partial charge in [-0.1, -0.05) is 13.8 Å². The Labute approximate surface area is 153 Å². The summed E-state index contributed by atoms with van der Waals surface area (Å²) >= 11 is 0. The number of carbonyl (C=O) groups excluding carboxylic acids is 2. The van der Waals surface area contributed by atoms with Crippen molar-refractivity contribution in [3.8, 4) is 11.8 Å². The van der Waals surface area contributed by atoms with E-state index in [1.54, 1.807) is 0 Å². The molecule has 0 aliphatic heterocycles. The van der Waals surface area contributed by atoms with Crippen molar-refractivity contribution in [2.24, 2.45) is 0 Å². The van der Waals surface area contributed by atoms with Gasteiger partial charge in [0.15, 0.2) is 0 Å². The Morgan fingerprint density at radius 3 is 0.909 bits per heavy atom. The van der Waals surface area contributed by atoms with E-state index in [4.69, 9.17) is 28.2 Å². The summed E-state index contributed by atoms with van der Waals surface area (Å²) in [7, 11) is 0. The molecule has 0 heterocycles. The third-order valence-electron chi connectivity index (χ3n) is 0.875. The van der Waals surface area contributed by atoms with Crippen LogP contribution in [0.2, 0.25) is 0 Å². The summed E-state index contributed by atoms with van der Waals surface area (Å²) in [5, 5.41) is 0. The van der Waals surface area contributed by atoms with Crippen molar-refractivity contribution < 1.29 is 61.8 Å². The second-order valence-corrected chi connectivity index (χ2v) is 1.85. The van der Waals surface area contributed by atoms with Gasteiger partial charge in [-0.05, 0) is 12.8 Å². The molecule has 0 amide bonds. The molecule has 0 fully saturated rings. The smallest absolute Gasteiger partial charge is 0.545 e. The van der Waals surface area contributed by atoms with Crippen LogP contribution in [-0.4, -0.2) is 13.6 Å². The summed E-state index contributed by atoms with van der Waals surface area (Å²) in [6.07, 6.45) is 4.52. The van der Waals surface area contributed by atoms with Crippen molar-refractivity contribution in [3.05, 3.63) is 26.6 Å². The molecule has 0 aliphatic carbocycles. The standard InChI is InChI=1S/C8H14.2CHO.4CO.2Co/c1-3-5-7-8-6-4-2;6*1-2;;/h3-6H2,1-2H3;2*1H;;;;;;/q;2*-1;;;;;;+2. The van der Waals surface area contributed by atoms with E-state index in [1.165, 1.54) is 12.8 Å². The van der Waals surface area contributed by atoms with Crippen LogP contribution in [0.15, 0.2) is 0 Å². The van der Waals surface area contributed by atoms with Gasteiger partial charge in [-0.2, -0.15) is 0 Å². The van der Waals surface area contributed by atoms with Crippen LogP contribution in [0.3, 0.4) is 0 Å². The first-order valence-corrected chi connectivity index (χ1v) is 4.66. The summed E-state index contributed by atoms with van der Waals surface area (Å²) in [6.45, 7) is 28.8. The van der Waals surface area contributed by atoms with Gasteiger partial charge in [0.25, 0.3) is 0 Å². The Hall–Kier alpha value is -1.13. The molecule has 126 valence electrons. The first kappa shape index (κ1) is 58.5. The predicted octanol–water partition coefficient (Wildman–Crippen LogP) is 1.89. The van der Waals surface area contributed by atoms with E-state index in [0.29, 0.717) is 0 Å². The average Bonchev–Trinajstić information content (AvgIpc) is 2.62. The van der Waals surface area contributed by atoms with Gasteiger partial charge < -0.3 is 9.59 Å². The molecule has 0 bridgehead atoms. The van der Waals surface area contributed by atoms with Crippen molar-refractivity contribution in [2.45, 2.75) is 39.5 Å². The van der Waals surface area contributed by atoms with Crippen LogP contribution in [0.25, 0.3) is 0 Å². The first-order chi connectivity index (χ1) is 9.91. The maximum atomic E-state index is 7.75. The van der Waals surface area contributed by atoms with Crippen LogP contribution in [0.5, 0.6) is 0 Å². The van der Waals surface area contributed by atoms with E-state index in [-0.39, 0.29) is 33.6 Å². The molecule has 0 aromatic carbocycles. The second kappa shape index (κ2) is 298. The molecular weight excluding hydrogens is 382 g/mol. The number of unbranched alkanes of at least 4 members (excludes halogenated alkanes) is 2. The molecule has 0 aliphatic rings. The first-order valence-electron chi connectivity index (χ1n) is 4.66. The molecule has 0 atom stereocenters. The molecule has 0 spiro atoms.